The summed E-state index contributed by atoms with van der Waals surface area (Å²) < 4.78 is 51.0. The number of carbonyl (C=O) groups excluding carboxylic acids is 1. The van der Waals surface area contributed by atoms with Crippen LogP contribution in [-0.2, 0) is 31.1 Å². The molecule has 3 rings (SSSR count). The van der Waals surface area contributed by atoms with Crippen LogP contribution in [0, 0.1) is 0 Å². The summed E-state index contributed by atoms with van der Waals surface area (Å²) in [5.41, 5.74) is 0.574. The van der Waals surface area contributed by atoms with E-state index in [1.165, 1.54) is 29.4 Å². The van der Waals surface area contributed by atoms with Crippen LogP contribution in [0.4, 0.5) is 0 Å². The maximum Gasteiger partial charge on any atom is 0.243 e. The highest BCUT2D eigenvalue weighted by atomic mass is 32.2. The molecule has 9 heteroatoms. The molecule has 1 fully saturated rings. The van der Waals surface area contributed by atoms with E-state index in [1.807, 2.05) is 0 Å². The zero-order chi connectivity index (χ0) is 17.5. The van der Waals surface area contributed by atoms with E-state index in [4.69, 9.17) is 0 Å². The molecule has 0 unspecified atom stereocenters. The highest BCUT2D eigenvalue weighted by Crippen LogP contribution is 2.28. The minimum Gasteiger partial charge on any atom is -0.340 e. The molecule has 1 aromatic rings. The summed E-state index contributed by atoms with van der Waals surface area (Å²) in [4.78, 5) is 13.3. The maximum atomic E-state index is 12.8. The van der Waals surface area contributed by atoms with E-state index in [-0.39, 0.29) is 34.5 Å². The number of amides is 1. The molecule has 1 aromatic carbocycles. The van der Waals surface area contributed by atoms with Crippen molar-refractivity contribution in [3.05, 3.63) is 23.8 Å². The number of sulfonamides is 1. The number of fused-ring (bicyclic) bond motifs is 1. The van der Waals surface area contributed by atoms with Crippen molar-refractivity contribution in [3.63, 3.8) is 0 Å². The van der Waals surface area contributed by atoms with E-state index in [2.05, 4.69) is 0 Å². The summed E-state index contributed by atoms with van der Waals surface area (Å²) in [7, 11) is -6.98. The smallest absolute Gasteiger partial charge is 0.243 e. The Balaban J connectivity index is 1.88. The predicted octanol–water partition coefficient (Wildman–Crippen LogP) is 0.259. The van der Waals surface area contributed by atoms with Crippen molar-refractivity contribution in [3.8, 4) is 0 Å². The molecule has 24 heavy (non-hydrogen) atoms. The van der Waals surface area contributed by atoms with E-state index in [9.17, 15) is 21.6 Å². The van der Waals surface area contributed by atoms with Crippen LogP contribution in [0.5, 0.6) is 0 Å². The van der Waals surface area contributed by atoms with E-state index >= 15 is 0 Å². The van der Waals surface area contributed by atoms with E-state index < -0.39 is 19.9 Å². The number of hydrogen-bond acceptors (Lipinski definition) is 5. The van der Waals surface area contributed by atoms with Gasteiger partial charge in [0.1, 0.15) is 0 Å². The van der Waals surface area contributed by atoms with Gasteiger partial charge in [-0.15, -0.1) is 0 Å². The molecular weight excluding hydrogens is 352 g/mol. The predicted molar refractivity (Wildman–Crippen MR) is 87.8 cm³/mol. The van der Waals surface area contributed by atoms with Crippen LogP contribution in [0.15, 0.2) is 28.0 Å². The number of rotatable bonds is 2. The topological polar surface area (TPSA) is 91.8 Å². The highest BCUT2D eigenvalue weighted by Gasteiger charge is 2.31. The average molecular weight is 372 g/mol. The minimum absolute atomic E-state index is 0.0639. The molecule has 0 N–H and O–H groups in total. The average Bonchev–Trinajstić information content (AvgIpc) is 2.54. The first kappa shape index (κ1) is 17.4. The van der Waals surface area contributed by atoms with Gasteiger partial charge in [0.15, 0.2) is 9.84 Å². The molecule has 0 spiro atoms. The number of sulfone groups is 1. The Bertz CT molecular complexity index is 869. The zero-order valence-electron chi connectivity index (χ0n) is 13.4. The number of aryl methyl sites for hydroxylation is 1. The standard InChI is InChI=1S/C15H20N2O5S2/c1-12(18)16-6-8-17(9-7-16)24(21,22)14-4-5-15-13(11-14)3-2-10-23(15,19)20/h4-5,11H,2-3,6-10H2,1H3. The van der Waals surface area contributed by atoms with Gasteiger partial charge < -0.3 is 4.90 Å². The van der Waals surface area contributed by atoms with Gasteiger partial charge in [-0.05, 0) is 36.6 Å². The first-order valence-electron chi connectivity index (χ1n) is 7.83. The molecule has 0 aromatic heterocycles. The van der Waals surface area contributed by atoms with Gasteiger partial charge >= 0.3 is 0 Å². The fourth-order valence-corrected chi connectivity index (χ4v) is 6.22. The molecule has 2 aliphatic rings. The van der Waals surface area contributed by atoms with Crippen molar-refractivity contribution < 1.29 is 21.6 Å². The SMILES string of the molecule is CC(=O)N1CCN(S(=O)(=O)c2ccc3c(c2)CCCS3(=O)=O)CC1. The molecule has 0 bridgehead atoms. The third-order valence-corrected chi connectivity index (χ3v) is 8.34. The van der Waals surface area contributed by atoms with Crippen LogP contribution < -0.4 is 0 Å². The second kappa shape index (κ2) is 6.12. The van der Waals surface area contributed by atoms with E-state index in [0.717, 1.165) is 0 Å². The fourth-order valence-electron chi connectivity index (χ4n) is 3.17. The molecule has 1 amide bonds. The maximum absolute atomic E-state index is 12.8. The lowest BCUT2D eigenvalue weighted by Gasteiger charge is -2.33. The Labute approximate surface area is 142 Å². The van der Waals surface area contributed by atoms with Crippen molar-refractivity contribution in [2.45, 2.75) is 29.6 Å². The Morgan fingerprint density at radius 2 is 1.79 bits per heavy atom. The lowest BCUT2D eigenvalue weighted by molar-refractivity contribution is -0.129. The van der Waals surface area contributed by atoms with Crippen LogP contribution in [0.25, 0.3) is 0 Å². The van der Waals surface area contributed by atoms with Gasteiger partial charge in [-0.1, -0.05) is 0 Å². The summed E-state index contributed by atoms with van der Waals surface area (Å²) in [5, 5.41) is 0. The quantitative estimate of drug-likeness (QED) is 0.743. The second-order valence-corrected chi connectivity index (χ2v) is 10.1. The number of piperazine rings is 1. The van der Waals surface area contributed by atoms with Gasteiger partial charge in [-0.2, -0.15) is 4.31 Å². The minimum atomic E-state index is -3.68. The number of hydrogen-bond donors (Lipinski definition) is 0. The van der Waals surface area contributed by atoms with Crippen molar-refractivity contribution in [1.29, 1.82) is 0 Å². The van der Waals surface area contributed by atoms with Gasteiger partial charge in [0, 0.05) is 33.1 Å². The lowest BCUT2D eigenvalue weighted by Crippen LogP contribution is -2.49. The van der Waals surface area contributed by atoms with Gasteiger partial charge in [0.25, 0.3) is 0 Å². The summed E-state index contributed by atoms with van der Waals surface area (Å²) in [6.07, 6.45) is 1.08. The van der Waals surface area contributed by atoms with Crippen molar-refractivity contribution in [2.75, 3.05) is 31.9 Å². The van der Waals surface area contributed by atoms with Crippen LogP contribution >= 0.6 is 0 Å². The molecule has 0 aliphatic carbocycles. The van der Waals surface area contributed by atoms with Gasteiger partial charge in [0.05, 0.1) is 15.5 Å². The molecule has 2 heterocycles. The van der Waals surface area contributed by atoms with Gasteiger partial charge in [-0.3, -0.25) is 4.79 Å². The third kappa shape index (κ3) is 3.07. The van der Waals surface area contributed by atoms with Crippen molar-refractivity contribution in [2.24, 2.45) is 0 Å². The zero-order valence-corrected chi connectivity index (χ0v) is 15.1. The number of carbonyl (C=O) groups is 1. The van der Waals surface area contributed by atoms with Crippen molar-refractivity contribution >= 4 is 25.8 Å². The first-order chi connectivity index (χ1) is 11.2. The second-order valence-electron chi connectivity index (χ2n) is 6.10. The van der Waals surface area contributed by atoms with Crippen LogP contribution in [0.1, 0.15) is 18.9 Å². The summed E-state index contributed by atoms with van der Waals surface area (Å²) in [5.74, 6) is 0.0464. The molecule has 0 atom stereocenters. The van der Waals surface area contributed by atoms with Crippen LogP contribution in [0.2, 0.25) is 0 Å². The first-order valence-corrected chi connectivity index (χ1v) is 10.9. The Kier molecular flexibility index (Phi) is 4.43. The van der Waals surface area contributed by atoms with Crippen LogP contribution in [-0.4, -0.2) is 63.9 Å². The molecule has 1 saturated heterocycles. The normalized spacial score (nSPS) is 21.3. The number of benzene rings is 1. The Morgan fingerprint density at radius 1 is 1.12 bits per heavy atom. The van der Waals surface area contributed by atoms with Crippen LogP contribution in [0.3, 0.4) is 0 Å². The summed E-state index contributed by atoms with van der Waals surface area (Å²) in [6, 6.07) is 4.26. The largest absolute Gasteiger partial charge is 0.340 e. The van der Waals surface area contributed by atoms with Gasteiger partial charge in [0.2, 0.25) is 15.9 Å². The van der Waals surface area contributed by atoms with Crippen molar-refractivity contribution in [1.82, 2.24) is 9.21 Å². The Morgan fingerprint density at radius 3 is 2.42 bits per heavy atom. The highest BCUT2D eigenvalue weighted by molar-refractivity contribution is 7.91. The monoisotopic (exact) mass is 372 g/mol. The molecule has 132 valence electrons. The molecule has 2 aliphatic heterocycles. The van der Waals surface area contributed by atoms with E-state index in [1.54, 1.807) is 4.90 Å². The Hall–Kier alpha value is -1.45. The molecule has 0 radical (unpaired) electrons. The number of nitrogens with zero attached hydrogens (tertiary/aromatic N) is 2. The fraction of sp³-hybridized carbons (Fsp3) is 0.533. The van der Waals surface area contributed by atoms with Gasteiger partial charge in [-0.25, -0.2) is 16.8 Å². The molecular formula is C15H20N2O5S2. The van der Waals surface area contributed by atoms with E-state index in [0.29, 0.717) is 31.5 Å². The third-order valence-electron chi connectivity index (χ3n) is 4.55. The molecule has 0 saturated carbocycles. The lowest BCUT2D eigenvalue weighted by atomic mass is 10.1. The summed E-state index contributed by atoms with van der Waals surface area (Å²) >= 11 is 0. The summed E-state index contributed by atoms with van der Waals surface area (Å²) in [6.45, 7) is 2.70. The molecule has 7 nitrogen and oxygen atoms in total.